The van der Waals surface area contributed by atoms with Gasteiger partial charge in [-0.2, -0.15) is 0 Å². The summed E-state index contributed by atoms with van der Waals surface area (Å²) in [6, 6.07) is 0. The van der Waals surface area contributed by atoms with Gasteiger partial charge in [-0.25, -0.2) is 15.0 Å². The lowest BCUT2D eigenvalue weighted by molar-refractivity contribution is 0.00578. The fraction of sp³-hybridized carbons (Fsp3) is 0.667. The van der Waals surface area contributed by atoms with Gasteiger partial charge in [0.25, 0.3) is 0 Å². The van der Waals surface area contributed by atoms with Crippen molar-refractivity contribution >= 4 is 40.3 Å². The third-order valence-corrected chi connectivity index (χ3v) is 7.82. The lowest BCUT2D eigenvalue weighted by Gasteiger charge is -2.32. The quantitative estimate of drug-likeness (QED) is 0.515. The summed E-state index contributed by atoms with van der Waals surface area (Å²) in [6.07, 6.45) is 7.16. The molecular formula is C24H38BBrN8O2. The van der Waals surface area contributed by atoms with E-state index in [4.69, 9.17) is 9.31 Å². The molecule has 0 N–H and O–H groups in total. The van der Waals surface area contributed by atoms with Crippen molar-refractivity contribution in [1.82, 2.24) is 29.7 Å². The number of aromatic nitrogens is 4. The van der Waals surface area contributed by atoms with Crippen LogP contribution in [0.4, 0.5) is 11.6 Å². The van der Waals surface area contributed by atoms with Crippen molar-refractivity contribution in [2.45, 2.75) is 38.9 Å². The first-order valence-electron chi connectivity index (χ1n) is 12.6. The lowest BCUT2D eigenvalue weighted by Crippen LogP contribution is -2.45. The Labute approximate surface area is 223 Å². The van der Waals surface area contributed by atoms with Gasteiger partial charge in [0.1, 0.15) is 16.2 Å². The van der Waals surface area contributed by atoms with Crippen LogP contribution in [0.5, 0.6) is 0 Å². The number of nitrogens with zero attached hydrogens (tertiary/aromatic N) is 8. The number of anilines is 2. The minimum Gasteiger partial charge on any atom is -0.398 e. The molecule has 0 atom stereocenters. The van der Waals surface area contributed by atoms with Gasteiger partial charge in [-0.05, 0) is 57.7 Å². The Balaban J connectivity index is 0.000000187. The molecule has 36 heavy (non-hydrogen) atoms. The predicted molar refractivity (Wildman–Crippen MR) is 147 cm³/mol. The molecule has 3 aliphatic rings. The number of likely N-dealkylation sites (N-methyl/N-ethyl adjacent to an activating group) is 2. The van der Waals surface area contributed by atoms with E-state index < -0.39 is 7.12 Å². The Morgan fingerprint density at radius 3 is 1.50 bits per heavy atom. The second-order valence-corrected chi connectivity index (χ2v) is 11.5. The molecule has 0 amide bonds. The maximum Gasteiger partial charge on any atom is 0.516 e. The molecule has 3 fully saturated rings. The number of piperazine rings is 2. The summed E-state index contributed by atoms with van der Waals surface area (Å²) >= 11 is 3.28. The number of hydrogen-bond donors (Lipinski definition) is 0. The summed E-state index contributed by atoms with van der Waals surface area (Å²) in [7, 11) is 3.84. The topological polar surface area (TPSA) is 83.0 Å². The molecule has 10 nitrogen and oxygen atoms in total. The van der Waals surface area contributed by atoms with Crippen molar-refractivity contribution in [3.8, 4) is 0 Å². The first-order valence-corrected chi connectivity index (χ1v) is 13.4. The molecule has 5 rings (SSSR count). The molecule has 2 aromatic heterocycles. The van der Waals surface area contributed by atoms with E-state index in [2.05, 4.69) is 69.6 Å². The largest absolute Gasteiger partial charge is 0.516 e. The Hall–Kier alpha value is -1.86. The molecule has 0 radical (unpaired) electrons. The minimum atomic E-state index is -0.445. The highest BCUT2D eigenvalue weighted by molar-refractivity contribution is 9.10. The molecule has 0 bridgehead atoms. The van der Waals surface area contributed by atoms with Gasteiger partial charge in [0.15, 0.2) is 0 Å². The van der Waals surface area contributed by atoms with Gasteiger partial charge < -0.3 is 28.9 Å². The Bertz CT molecular complexity index is 963. The minimum absolute atomic E-state index is 0.352. The van der Waals surface area contributed by atoms with Gasteiger partial charge >= 0.3 is 7.12 Å². The third kappa shape index (κ3) is 6.52. The fourth-order valence-corrected chi connectivity index (χ4v) is 4.32. The van der Waals surface area contributed by atoms with Gasteiger partial charge in [0, 0.05) is 58.6 Å². The lowest BCUT2D eigenvalue weighted by atomic mass is 9.85. The van der Waals surface area contributed by atoms with Crippen LogP contribution in [0.1, 0.15) is 27.7 Å². The van der Waals surface area contributed by atoms with Gasteiger partial charge in [0.2, 0.25) is 0 Å². The van der Waals surface area contributed by atoms with Crippen LogP contribution >= 0.6 is 15.9 Å². The molecule has 0 saturated carbocycles. The molecular weight excluding hydrogens is 523 g/mol. The van der Waals surface area contributed by atoms with Crippen LogP contribution < -0.4 is 15.4 Å². The molecule has 196 valence electrons. The Kier molecular flexibility index (Phi) is 8.51. The SMILES string of the molecule is CN1CCN(c2cnc(B3OC(C)(C)C(C)(C)O3)cn2)CC1.CN1CCN(c2cnc(Br)cn2)CC1. The van der Waals surface area contributed by atoms with Crippen molar-refractivity contribution in [2.24, 2.45) is 0 Å². The van der Waals surface area contributed by atoms with Gasteiger partial charge in [0.05, 0.1) is 35.4 Å². The van der Waals surface area contributed by atoms with E-state index in [1.807, 2.05) is 40.1 Å². The average molecular weight is 561 g/mol. The molecule has 12 heteroatoms. The monoisotopic (exact) mass is 560 g/mol. The summed E-state index contributed by atoms with van der Waals surface area (Å²) in [5, 5.41) is 0. The first-order chi connectivity index (χ1) is 17.0. The van der Waals surface area contributed by atoms with Crippen molar-refractivity contribution in [2.75, 3.05) is 76.3 Å². The second-order valence-electron chi connectivity index (χ2n) is 10.7. The van der Waals surface area contributed by atoms with Crippen molar-refractivity contribution in [3.63, 3.8) is 0 Å². The molecule has 0 aliphatic carbocycles. The summed E-state index contributed by atoms with van der Waals surface area (Å²) in [6.45, 7) is 16.5. The first kappa shape index (κ1) is 27.2. The molecule has 5 heterocycles. The zero-order valence-corrected chi connectivity index (χ0v) is 23.9. The summed E-state index contributed by atoms with van der Waals surface area (Å²) < 4.78 is 12.8. The standard InChI is InChI=1S/C15H25BN4O2.C9H13BrN4/c1-14(2)15(3,4)22-16(21-14)12-10-18-13(11-17-12)20-8-6-19(5)7-9-20;1-13-2-4-14(5-3-13)9-7-11-8(10)6-12-9/h10-11H,6-9H2,1-5H3;6-7H,2-5H2,1H3. The molecule has 3 saturated heterocycles. The number of halogens is 1. The van der Waals surface area contributed by atoms with Crippen LogP contribution in [0.3, 0.4) is 0 Å². The maximum atomic E-state index is 6.00. The van der Waals surface area contributed by atoms with Gasteiger partial charge in [-0.15, -0.1) is 0 Å². The third-order valence-electron chi connectivity index (χ3n) is 7.41. The van der Waals surface area contributed by atoms with Crippen molar-refractivity contribution in [1.29, 1.82) is 0 Å². The van der Waals surface area contributed by atoms with E-state index in [-0.39, 0.29) is 11.2 Å². The van der Waals surface area contributed by atoms with Crippen LogP contribution in [0.15, 0.2) is 29.4 Å². The number of hydrogen-bond acceptors (Lipinski definition) is 10. The van der Waals surface area contributed by atoms with Crippen LogP contribution in [0, 0.1) is 0 Å². The Morgan fingerprint density at radius 2 is 1.11 bits per heavy atom. The maximum absolute atomic E-state index is 6.00. The van der Waals surface area contributed by atoms with E-state index in [1.54, 1.807) is 12.4 Å². The molecule has 0 aromatic carbocycles. The van der Waals surface area contributed by atoms with E-state index in [1.165, 1.54) is 0 Å². The predicted octanol–water partition coefficient (Wildman–Crippen LogP) is 1.52. The van der Waals surface area contributed by atoms with Gasteiger partial charge in [-0.1, -0.05) is 0 Å². The van der Waals surface area contributed by atoms with E-state index in [0.717, 1.165) is 74.2 Å². The molecule has 0 unspecified atom stereocenters. The van der Waals surface area contributed by atoms with Crippen molar-refractivity contribution < 1.29 is 9.31 Å². The van der Waals surface area contributed by atoms with Crippen LogP contribution in [-0.4, -0.2) is 115 Å². The van der Waals surface area contributed by atoms with Gasteiger partial charge in [-0.3, -0.25) is 4.98 Å². The summed E-state index contributed by atoms with van der Waals surface area (Å²) in [5.74, 6) is 1.90. The molecule has 0 spiro atoms. The van der Waals surface area contributed by atoms with E-state index in [9.17, 15) is 0 Å². The Morgan fingerprint density at radius 1 is 0.667 bits per heavy atom. The summed E-state index contributed by atoms with van der Waals surface area (Å²) in [4.78, 5) is 26.7. The highest BCUT2D eigenvalue weighted by atomic mass is 79.9. The second kappa shape index (κ2) is 11.3. The van der Waals surface area contributed by atoms with Crippen LogP contribution in [0.25, 0.3) is 0 Å². The molecule has 2 aromatic rings. The van der Waals surface area contributed by atoms with Crippen LogP contribution in [-0.2, 0) is 9.31 Å². The van der Waals surface area contributed by atoms with Crippen molar-refractivity contribution in [3.05, 3.63) is 29.4 Å². The average Bonchev–Trinajstić information content (AvgIpc) is 3.08. The van der Waals surface area contributed by atoms with Crippen LogP contribution in [0.2, 0.25) is 0 Å². The fourth-order valence-electron chi connectivity index (χ4n) is 4.12. The zero-order chi connectivity index (χ0) is 25.9. The normalized spacial score (nSPS) is 22.4. The van der Waals surface area contributed by atoms with E-state index in [0.29, 0.717) is 0 Å². The highest BCUT2D eigenvalue weighted by Crippen LogP contribution is 2.36. The smallest absolute Gasteiger partial charge is 0.398 e. The van der Waals surface area contributed by atoms with E-state index >= 15 is 0 Å². The summed E-state index contributed by atoms with van der Waals surface area (Å²) in [5.41, 5.74) is 0.0295. The number of rotatable bonds is 3. The molecule has 3 aliphatic heterocycles. The highest BCUT2D eigenvalue weighted by Gasteiger charge is 2.52. The zero-order valence-electron chi connectivity index (χ0n) is 22.3.